The average Bonchev–Trinajstić information content (AvgIpc) is 3.00. The first-order valence-corrected chi connectivity index (χ1v) is 10.9. The molecule has 1 heterocycles. The molecule has 1 fully saturated rings. The molecular formula is C20H22ClNO4S. The predicted molar refractivity (Wildman–Crippen MR) is 106 cm³/mol. The molecule has 0 unspecified atom stereocenters. The molecule has 5 nitrogen and oxygen atoms in total. The minimum absolute atomic E-state index is 0.00547. The summed E-state index contributed by atoms with van der Waals surface area (Å²) in [5.41, 5.74) is 2.50. The molecule has 0 saturated carbocycles. The summed E-state index contributed by atoms with van der Waals surface area (Å²) in [6.45, 7) is 2.35. The lowest BCUT2D eigenvalue weighted by atomic mass is 10.1. The van der Waals surface area contributed by atoms with Crippen molar-refractivity contribution in [2.24, 2.45) is 0 Å². The van der Waals surface area contributed by atoms with E-state index in [1.54, 1.807) is 23.1 Å². The Balaban J connectivity index is 1.92. The Labute approximate surface area is 164 Å². The minimum atomic E-state index is -3.11. The highest BCUT2D eigenvalue weighted by Crippen LogP contribution is 2.28. The van der Waals surface area contributed by atoms with Crippen molar-refractivity contribution in [1.82, 2.24) is 4.90 Å². The maximum atomic E-state index is 13.2. The number of nitrogens with zero attached hydrogens (tertiary/aromatic N) is 1. The van der Waals surface area contributed by atoms with Gasteiger partial charge in [0, 0.05) is 18.2 Å². The van der Waals surface area contributed by atoms with E-state index in [4.69, 9.17) is 16.3 Å². The van der Waals surface area contributed by atoms with Gasteiger partial charge < -0.3 is 9.64 Å². The topological polar surface area (TPSA) is 63.7 Å². The Bertz CT molecular complexity index is 941. The summed E-state index contributed by atoms with van der Waals surface area (Å²) in [6.07, 6.45) is 0.448. The smallest absolute Gasteiger partial charge is 0.254 e. The Morgan fingerprint density at radius 1 is 1.22 bits per heavy atom. The number of hydrogen-bond donors (Lipinski definition) is 0. The highest BCUT2D eigenvalue weighted by atomic mass is 35.5. The van der Waals surface area contributed by atoms with Crippen molar-refractivity contribution in [3.05, 3.63) is 64.2 Å². The molecule has 1 aliphatic heterocycles. The van der Waals surface area contributed by atoms with Crippen LogP contribution in [0.3, 0.4) is 0 Å². The molecule has 2 aromatic carbocycles. The second-order valence-electron chi connectivity index (χ2n) is 6.82. The number of sulfone groups is 1. The van der Waals surface area contributed by atoms with Crippen molar-refractivity contribution in [2.45, 2.75) is 25.9 Å². The van der Waals surface area contributed by atoms with Crippen LogP contribution in [-0.2, 0) is 16.4 Å². The van der Waals surface area contributed by atoms with E-state index in [0.29, 0.717) is 29.3 Å². The quantitative estimate of drug-likeness (QED) is 0.761. The van der Waals surface area contributed by atoms with E-state index in [2.05, 4.69) is 0 Å². The largest absolute Gasteiger partial charge is 0.495 e. The van der Waals surface area contributed by atoms with Gasteiger partial charge in [0.25, 0.3) is 5.91 Å². The van der Waals surface area contributed by atoms with E-state index in [1.807, 2.05) is 31.2 Å². The van der Waals surface area contributed by atoms with Crippen LogP contribution in [0.1, 0.15) is 27.9 Å². The van der Waals surface area contributed by atoms with Gasteiger partial charge in [-0.15, -0.1) is 0 Å². The molecule has 27 heavy (non-hydrogen) atoms. The zero-order valence-electron chi connectivity index (χ0n) is 15.3. The number of carbonyl (C=O) groups excluding carboxylic acids is 1. The maximum Gasteiger partial charge on any atom is 0.254 e. The van der Waals surface area contributed by atoms with Gasteiger partial charge >= 0.3 is 0 Å². The molecule has 1 atom stereocenters. The van der Waals surface area contributed by atoms with Crippen LogP contribution in [0.4, 0.5) is 0 Å². The third-order valence-electron chi connectivity index (χ3n) is 4.78. The Hall–Kier alpha value is -2.05. The number of rotatable bonds is 5. The van der Waals surface area contributed by atoms with E-state index in [-0.39, 0.29) is 23.5 Å². The molecule has 0 spiro atoms. The van der Waals surface area contributed by atoms with Crippen LogP contribution in [0.15, 0.2) is 42.5 Å². The lowest BCUT2D eigenvalue weighted by Crippen LogP contribution is -2.40. The van der Waals surface area contributed by atoms with Gasteiger partial charge in [-0.2, -0.15) is 0 Å². The molecule has 1 saturated heterocycles. The first kappa shape index (κ1) is 19.7. The van der Waals surface area contributed by atoms with Crippen molar-refractivity contribution < 1.29 is 17.9 Å². The molecular weight excluding hydrogens is 386 g/mol. The van der Waals surface area contributed by atoms with Crippen LogP contribution < -0.4 is 4.74 Å². The van der Waals surface area contributed by atoms with Crippen molar-refractivity contribution in [3.63, 3.8) is 0 Å². The Morgan fingerprint density at radius 2 is 1.93 bits per heavy atom. The van der Waals surface area contributed by atoms with Crippen LogP contribution in [0, 0.1) is 6.92 Å². The fourth-order valence-electron chi connectivity index (χ4n) is 3.24. The van der Waals surface area contributed by atoms with Gasteiger partial charge in [0.2, 0.25) is 0 Å². The monoisotopic (exact) mass is 407 g/mol. The summed E-state index contributed by atoms with van der Waals surface area (Å²) in [6, 6.07) is 12.4. The third kappa shape index (κ3) is 4.62. The number of carbonyl (C=O) groups is 1. The molecule has 0 N–H and O–H groups in total. The SMILES string of the molecule is COc1ccc(C(=O)N(Cc2ccc(C)cc2)[C@H]2CCS(=O)(=O)C2)cc1Cl. The Kier molecular flexibility index (Phi) is 5.77. The molecule has 1 aliphatic rings. The van der Waals surface area contributed by atoms with Crippen molar-refractivity contribution >= 4 is 27.3 Å². The third-order valence-corrected chi connectivity index (χ3v) is 6.83. The predicted octanol–water partition coefficient (Wildman–Crippen LogP) is 3.49. The molecule has 0 aromatic heterocycles. The number of benzene rings is 2. The van der Waals surface area contributed by atoms with Gasteiger partial charge in [-0.05, 0) is 37.1 Å². The highest BCUT2D eigenvalue weighted by Gasteiger charge is 2.35. The number of halogens is 1. The normalized spacial score (nSPS) is 18.3. The maximum absolute atomic E-state index is 13.2. The van der Waals surface area contributed by atoms with Gasteiger partial charge in [0.05, 0.1) is 23.6 Å². The van der Waals surface area contributed by atoms with Crippen molar-refractivity contribution in [2.75, 3.05) is 18.6 Å². The first-order chi connectivity index (χ1) is 12.8. The molecule has 3 rings (SSSR count). The second-order valence-corrected chi connectivity index (χ2v) is 9.46. The second kappa shape index (κ2) is 7.90. The van der Waals surface area contributed by atoms with Gasteiger partial charge in [0.1, 0.15) is 5.75 Å². The van der Waals surface area contributed by atoms with E-state index in [9.17, 15) is 13.2 Å². The summed E-state index contributed by atoms with van der Waals surface area (Å²) in [4.78, 5) is 14.8. The van der Waals surface area contributed by atoms with Crippen LogP contribution in [0.2, 0.25) is 5.02 Å². The standard InChI is InChI=1S/C20H22ClNO4S/c1-14-3-5-15(6-4-14)12-22(17-9-10-27(24,25)13-17)20(23)16-7-8-19(26-2)18(21)11-16/h3-8,11,17H,9-10,12-13H2,1-2H3/t17-/m0/s1. The number of aryl methyl sites for hydroxylation is 1. The molecule has 0 aliphatic carbocycles. The fraction of sp³-hybridized carbons (Fsp3) is 0.350. The lowest BCUT2D eigenvalue weighted by molar-refractivity contribution is 0.0681. The summed E-state index contributed by atoms with van der Waals surface area (Å²) in [7, 11) is -1.60. The van der Waals surface area contributed by atoms with Crippen LogP contribution in [0.25, 0.3) is 0 Å². The molecule has 2 aromatic rings. The van der Waals surface area contributed by atoms with E-state index >= 15 is 0 Å². The number of methoxy groups -OCH3 is 1. The van der Waals surface area contributed by atoms with Crippen LogP contribution >= 0.6 is 11.6 Å². The highest BCUT2D eigenvalue weighted by molar-refractivity contribution is 7.91. The van der Waals surface area contributed by atoms with Crippen LogP contribution in [0.5, 0.6) is 5.75 Å². The van der Waals surface area contributed by atoms with Gasteiger partial charge in [-0.25, -0.2) is 8.42 Å². The minimum Gasteiger partial charge on any atom is -0.495 e. The first-order valence-electron chi connectivity index (χ1n) is 8.69. The van der Waals surface area contributed by atoms with Gasteiger partial charge in [-0.3, -0.25) is 4.79 Å². The molecule has 0 radical (unpaired) electrons. The summed E-state index contributed by atoms with van der Waals surface area (Å²) in [5.74, 6) is 0.358. The number of amides is 1. The zero-order valence-corrected chi connectivity index (χ0v) is 16.9. The molecule has 7 heteroatoms. The van der Waals surface area contributed by atoms with E-state index in [0.717, 1.165) is 11.1 Å². The van der Waals surface area contributed by atoms with Crippen molar-refractivity contribution in [3.8, 4) is 5.75 Å². The van der Waals surface area contributed by atoms with E-state index in [1.165, 1.54) is 7.11 Å². The van der Waals surface area contributed by atoms with Gasteiger partial charge in [0.15, 0.2) is 9.84 Å². The number of hydrogen-bond acceptors (Lipinski definition) is 4. The Morgan fingerprint density at radius 3 is 2.48 bits per heavy atom. The summed E-state index contributed by atoms with van der Waals surface area (Å²) in [5, 5.41) is 0.345. The fourth-order valence-corrected chi connectivity index (χ4v) is 5.23. The molecule has 1 amide bonds. The molecule has 0 bridgehead atoms. The zero-order chi connectivity index (χ0) is 19.6. The summed E-state index contributed by atoms with van der Waals surface area (Å²) >= 11 is 6.17. The lowest BCUT2D eigenvalue weighted by Gasteiger charge is -2.29. The summed E-state index contributed by atoms with van der Waals surface area (Å²) < 4.78 is 29.1. The average molecular weight is 408 g/mol. The number of ether oxygens (including phenoxy) is 1. The van der Waals surface area contributed by atoms with Crippen molar-refractivity contribution in [1.29, 1.82) is 0 Å². The molecule has 144 valence electrons. The van der Waals surface area contributed by atoms with Gasteiger partial charge in [-0.1, -0.05) is 41.4 Å². The van der Waals surface area contributed by atoms with E-state index < -0.39 is 9.84 Å². The van der Waals surface area contributed by atoms with Crippen LogP contribution in [-0.4, -0.2) is 43.9 Å².